The molecule has 1 unspecified atom stereocenters. The summed E-state index contributed by atoms with van der Waals surface area (Å²) in [5.41, 5.74) is 5.83. The van der Waals surface area contributed by atoms with Crippen molar-refractivity contribution < 1.29 is 9.90 Å². The van der Waals surface area contributed by atoms with E-state index in [0.29, 0.717) is 17.5 Å². The lowest BCUT2D eigenvalue weighted by molar-refractivity contribution is 0.0932. The molecule has 1 atom stereocenters. The van der Waals surface area contributed by atoms with E-state index < -0.39 is 0 Å². The molecule has 2 rings (SSSR count). The number of aromatic hydroxyl groups is 1. The summed E-state index contributed by atoms with van der Waals surface area (Å²) in [6.07, 6.45) is 1.55. The molecular formula is C16H20N2O2. The highest BCUT2D eigenvalue weighted by atomic mass is 16.3. The van der Waals surface area contributed by atoms with Gasteiger partial charge in [0.25, 0.3) is 5.91 Å². The van der Waals surface area contributed by atoms with Gasteiger partial charge in [-0.2, -0.15) is 0 Å². The molecule has 4 nitrogen and oxygen atoms in total. The van der Waals surface area contributed by atoms with Crippen LogP contribution in [0.15, 0.2) is 36.4 Å². The highest BCUT2D eigenvalue weighted by Gasteiger charge is 2.16. The van der Waals surface area contributed by atoms with Crippen LogP contribution in [0, 0.1) is 0 Å². The monoisotopic (exact) mass is 272 g/mol. The van der Waals surface area contributed by atoms with Crippen LogP contribution in [0.1, 0.15) is 30.1 Å². The molecule has 106 valence electrons. The standard InChI is InChI=1S/C16H20N2O2/c1-2-12(9-10-17)18-16(20)14-8-7-11-5-3-4-6-13(11)15(14)19/h3-8,12,19H,2,9-10,17H2,1H3,(H,18,20). The van der Waals surface area contributed by atoms with E-state index in [9.17, 15) is 9.90 Å². The predicted octanol–water partition coefficient (Wildman–Crippen LogP) is 2.40. The smallest absolute Gasteiger partial charge is 0.255 e. The minimum Gasteiger partial charge on any atom is -0.506 e. The average Bonchev–Trinajstić information content (AvgIpc) is 2.47. The van der Waals surface area contributed by atoms with Crippen molar-refractivity contribution in [3.8, 4) is 5.75 Å². The van der Waals surface area contributed by atoms with E-state index in [4.69, 9.17) is 5.73 Å². The third-order valence-corrected chi connectivity index (χ3v) is 3.49. The highest BCUT2D eigenvalue weighted by molar-refractivity contribution is 6.03. The molecule has 0 saturated heterocycles. The first-order chi connectivity index (χ1) is 9.67. The average molecular weight is 272 g/mol. The molecule has 0 heterocycles. The molecule has 0 aliphatic carbocycles. The molecule has 0 aliphatic rings. The van der Waals surface area contributed by atoms with Crippen LogP contribution < -0.4 is 11.1 Å². The second-order valence-electron chi connectivity index (χ2n) is 4.84. The fourth-order valence-corrected chi connectivity index (χ4v) is 2.28. The van der Waals surface area contributed by atoms with Gasteiger partial charge in [-0.15, -0.1) is 0 Å². The summed E-state index contributed by atoms with van der Waals surface area (Å²) in [5, 5.41) is 14.8. The second kappa shape index (κ2) is 6.39. The summed E-state index contributed by atoms with van der Waals surface area (Å²) in [7, 11) is 0. The summed E-state index contributed by atoms with van der Waals surface area (Å²) in [6.45, 7) is 2.53. The van der Waals surface area contributed by atoms with Crippen LogP contribution in [0.4, 0.5) is 0 Å². The zero-order valence-corrected chi connectivity index (χ0v) is 11.6. The number of rotatable bonds is 5. The van der Waals surface area contributed by atoms with Gasteiger partial charge in [0.15, 0.2) is 0 Å². The zero-order chi connectivity index (χ0) is 14.5. The maximum Gasteiger partial charge on any atom is 0.255 e. The van der Waals surface area contributed by atoms with Crippen LogP contribution in [0.3, 0.4) is 0 Å². The van der Waals surface area contributed by atoms with Gasteiger partial charge in [0.05, 0.1) is 5.56 Å². The van der Waals surface area contributed by atoms with Gasteiger partial charge in [-0.1, -0.05) is 37.3 Å². The minimum absolute atomic E-state index is 0.0307. The molecular weight excluding hydrogens is 252 g/mol. The SMILES string of the molecule is CCC(CCN)NC(=O)c1ccc2ccccc2c1O. The lowest BCUT2D eigenvalue weighted by Gasteiger charge is -2.16. The molecule has 4 N–H and O–H groups in total. The minimum atomic E-state index is -0.256. The predicted molar refractivity (Wildman–Crippen MR) is 80.8 cm³/mol. The van der Waals surface area contributed by atoms with Crippen molar-refractivity contribution in [1.82, 2.24) is 5.32 Å². The third kappa shape index (κ3) is 2.91. The van der Waals surface area contributed by atoms with Crippen LogP contribution in [0.5, 0.6) is 5.75 Å². The molecule has 0 spiro atoms. The molecule has 1 amide bonds. The fourth-order valence-electron chi connectivity index (χ4n) is 2.28. The Morgan fingerprint density at radius 2 is 2.05 bits per heavy atom. The van der Waals surface area contributed by atoms with Crippen LogP contribution in [-0.4, -0.2) is 23.6 Å². The van der Waals surface area contributed by atoms with Crippen molar-refractivity contribution >= 4 is 16.7 Å². The first-order valence-electron chi connectivity index (χ1n) is 6.89. The number of fused-ring (bicyclic) bond motifs is 1. The number of nitrogens with one attached hydrogen (secondary N) is 1. The summed E-state index contributed by atoms with van der Waals surface area (Å²) in [6, 6.07) is 11.0. The van der Waals surface area contributed by atoms with Crippen molar-refractivity contribution in [3.05, 3.63) is 42.0 Å². The van der Waals surface area contributed by atoms with Crippen molar-refractivity contribution in [2.24, 2.45) is 5.73 Å². The molecule has 0 saturated carbocycles. The first kappa shape index (κ1) is 14.3. The van der Waals surface area contributed by atoms with Crippen molar-refractivity contribution in [1.29, 1.82) is 0 Å². The van der Waals surface area contributed by atoms with Gasteiger partial charge in [-0.3, -0.25) is 4.79 Å². The van der Waals surface area contributed by atoms with E-state index in [0.717, 1.165) is 18.2 Å². The number of nitrogens with two attached hydrogens (primary N) is 1. The summed E-state index contributed by atoms with van der Waals surface area (Å²) < 4.78 is 0. The third-order valence-electron chi connectivity index (χ3n) is 3.49. The first-order valence-corrected chi connectivity index (χ1v) is 6.89. The Kier molecular flexibility index (Phi) is 4.58. The maximum absolute atomic E-state index is 12.2. The molecule has 20 heavy (non-hydrogen) atoms. The van der Waals surface area contributed by atoms with Crippen LogP contribution in [0.25, 0.3) is 10.8 Å². The number of phenols is 1. The van der Waals surface area contributed by atoms with Gasteiger partial charge >= 0.3 is 0 Å². The Morgan fingerprint density at radius 1 is 1.30 bits per heavy atom. The van der Waals surface area contributed by atoms with Gasteiger partial charge in [0, 0.05) is 11.4 Å². The lowest BCUT2D eigenvalue weighted by atomic mass is 10.0. The molecule has 0 aromatic heterocycles. The maximum atomic E-state index is 12.2. The summed E-state index contributed by atoms with van der Waals surface area (Å²) >= 11 is 0. The number of phenolic OH excluding ortho intramolecular Hbond substituents is 1. The van der Waals surface area contributed by atoms with Gasteiger partial charge in [-0.05, 0) is 30.8 Å². The normalized spacial score (nSPS) is 12.3. The van der Waals surface area contributed by atoms with Gasteiger partial charge < -0.3 is 16.2 Å². The van der Waals surface area contributed by atoms with E-state index in [1.165, 1.54) is 0 Å². The topological polar surface area (TPSA) is 75.3 Å². The molecule has 0 aliphatic heterocycles. The van der Waals surface area contributed by atoms with E-state index in [2.05, 4.69) is 5.32 Å². The Balaban J connectivity index is 2.28. The van der Waals surface area contributed by atoms with Crippen molar-refractivity contribution in [3.63, 3.8) is 0 Å². The van der Waals surface area contributed by atoms with Crippen molar-refractivity contribution in [2.75, 3.05) is 6.54 Å². The lowest BCUT2D eigenvalue weighted by Crippen LogP contribution is -2.35. The number of carbonyl (C=O) groups excluding carboxylic acids is 1. The number of hydrogen-bond donors (Lipinski definition) is 3. The Hall–Kier alpha value is -2.07. The molecule has 0 radical (unpaired) electrons. The van der Waals surface area contributed by atoms with Gasteiger partial charge in [-0.25, -0.2) is 0 Å². The fraction of sp³-hybridized carbons (Fsp3) is 0.312. The quantitative estimate of drug-likeness (QED) is 0.782. The molecule has 0 fully saturated rings. The summed E-state index contributed by atoms with van der Waals surface area (Å²) in [5.74, 6) is -0.225. The Morgan fingerprint density at radius 3 is 2.75 bits per heavy atom. The summed E-state index contributed by atoms with van der Waals surface area (Å²) in [4.78, 5) is 12.2. The van der Waals surface area contributed by atoms with Crippen LogP contribution in [0.2, 0.25) is 0 Å². The van der Waals surface area contributed by atoms with Crippen LogP contribution >= 0.6 is 0 Å². The second-order valence-corrected chi connectivity index (χ2v) is 4.84. The Labute approximate surface area is 118 Å². The Bertz CT molecular complexity index is 610. The molecule has 2 aromatic rings. The van der Waals surface area contributed by atoms with E-state index in [1.807, 2.05) is 31.2 Å². The van der Waals surface area contributed by atoms with E-state index >= 15 is 0 Å². The number of benzene rings is 2. The van der Waals surface area contributed by atoms with Crippen LogP contribution in [-0.2, 0) is 0 Å². The highest BCUT2D eigenvalue weighted by Crippen LogP contribution is 2.28. The zero-order valence-electron chi connectivity index (χ0n) is 11.6. The molecule has 2 aromatic carbocycles. The van der Waals surface area contributed by atoms with Gasteiger partial charge in [0.1, 0.15) is 5.75 Å². The number of hydrogen-bond acceptors (Lipinski definition) is 3. The van der Waals surface area contributed by atoms with E-state index in [1.54, 1.807) is 12.1 Å². The molecule has 0 bridgehead atoms. The van der Waals surface area contributed by atoms with Gasteiger partial charge in [0.2, 0.25) is 0 Å². The largest absolute Gasteiger partial charge is 0.506 e. The van der Waals surface area contributed by atoms with E-state index in [-0.39, 0.29) is 17.7 Å². The van der Waals surface area contributed by atoms with Crippen molar-refractivity contribution in [2.45, 2.75) is 25.8 Å². The molecule has 4 heteroatoms. The number of amides is 1. The number of carbonyl (C=O) groups is 1.